The molecule has 0 bridgehead atoms. The van der Waals surface area contributed by atoms with Crippen LogP contribution in [0.25, 0.3) is 0 Å². The SMILES string of the molecule is O=C(NCCCn1cnnc1)[C@@H](c1ccc(F)cc1)N1CCCCC1. The fourth-order valence-electron chi connectivity index (χ4n) is 3.26. The number of benzene rings is 1. The van der Waals surface area contributed by atoms with Gasteiger partial charge in [-0.25, -0.2) is 4.39 Å². The molecule has 6 nitrogen and oxygen atoms in total. The van der Waals surface area contributed by atoms with Crippen molar-refractivity contribution in [1.29, 1.82) is 0 Å². The highest BCUT2D eigenvalue weighted by molar-refractivity contribution is 5.83. The van der Waals surface area contributed by atoms with Gasteiger partial charge in [-0.3, -0.25) is 9.69 Å². The number of likely N-dealkylation sites (tertiary alicyclic amines) is 1. The van der Waals surface area contributed by atoms with Crippen LogP contribution in [-0.2, 0) is 11.3 Å². The number of nitrogens with zero attached hydrogens (tertiary/aromatic N) is 4. The van der Waals surface area contributed by atoms with Crippen LogP contribution in [0.4, 0.5) is 4.39 Å². The second kappa shape index (κ2) is 8.71. The van der Waals surface area contributed by atoms with Crippen LogP contribution >= 0.6 is 0 Å². The molecular weight excluding hydrogens is 321 g/mol. The maximum absolute atomic E-state index is 13.2. The monoisotopic (exact) mass is 345 g/mol. The number of piperidine rings is 1. The second-order valence-electron chi connectivity index (χ2n) is 6.40. The number of carbonyl (C=O) groups is 1. The maximum atomic E-state index is 13.2. The van der Waals surface area contributed by atoms with Crippen molar-refractivity contribution >= 4 is 5.91 Å². The van der Waals surface area contributed by atoms with Crippen molar-refractivity contribution in [3.05, 3.63) is 48.3 Å². The van der Waals surface area contributed by atoms with Gasteiger partial charge in [0.25, 0.3) is 0 Å². The summed E-state index contributed by atoms with van der Waals surface area (Å²) in [6.45, 7) is 3.15. The average Bonchev–Trinajstić information content (AvgIpc) is 3.15. The maximum Gasteiger partial charge on any atom is 0.241 e. The lowest BCUT2D eigenvalue weighted by Crippen LogP contribution is -2.43. The standard InChI is InChI=1S/C18H24FN5O/c19-16-7-5-15(6-8-16)17(24-11-2-1-3-12-24)18(25)20-9-4-10-23-13-21-22-14-23/h5-8,13-14,17H,1-4,9-12H2,(H,20,25)/t17-/m1/s1. The molecule has 2 heterocycles. The number of nitrogens with one attached hydrogen (secondary N) is 1. The Morgan fingerprint density at radius 3 is 2.48 bits per heavy atom. The molecule has 0 radical (unpaired) electrons. The van der Waals surface area contributed by atoms with E-state index >= 15 is 0 Å². The molecule has 1 aliphatic rings. The van der Waals surface area contributed by atoms with Gasteiger partial charge in [-0.05, 0) is 50.0 Å². The number of carbonyl (C=O) groups excluding carboxylic acids is 1. The molecule has 25 heavy (non-hydrogen) atoms. The van der Waals surface area contributed by atoms with E-state index in [9.17, 15) is 9.18 Å². The highest BCUT2D eigenvalue weighted by Gasteiger charge is 2.28. The predicted molar refractivity (Wildman–Crippen MR) is 92.2 cm³/mol. The third-order valence-electron chi connectivity index (χ3n) is 4.55. The van der Waals surface area contributed by atoms with E-state index in [1.807, 2.05) is 4.57 Å². The third-order valence-corrected chi connectivity index (χ3v) is 4.55. The van der Waals surface area contributed by atoms with Gasteiger partial charge in [0.15, 0.2) is 0 Å². The summed E-state index contributed by atoms with van der Waals surface area (Å²) in [5.74, 6) is -0.298. The summed E-state index contributed by atoms with van der Waals surface area (Å²) in [7, 11) is 0. The Hall–Kier alpha value is -2.28. The normalized spacial score (nSPS) is 16.5. The van der Waals surface area contributed by atoms with Gasteiger partial charge in [0, 0.05) is 13.1 Å². The van der Waals surface area contributed by atoms with Crippen LogP contribution in [0.3, 0.4) is 0 Å². The Balaban J connectivity index is 1.61. The Kier molecular flexibility index (Phi) is 6.11. The van der Waals surface area contributed by atoms with Gasteiger partial charge in [0.1, 0.15) is 24.5 Å². The zero-order chi connectivity index (χ0) is 17.5. The van der Waals surface area contributed by atoms with Crippen molar-refractivity contribution < 1.29 is 9.18 Å². The zero-order valence-electron chi connectivity index (χ0n) is 14.3. The number of halogens is 1. The van der Waals surface area contributed by atoms with Gasteiger partial charge < -0.3 is 9.88 Å². The van der Waals surface area contributed by atoms with Crippen molar-refractivity contribution in [1.82, 2.24) is 25.0 Å². The minimum Gasteiger partial charge on any atom is -0.354 e. The quantitative estimate of drug-likeness (QED) is 0.781. The minimum atomic E-state index is -0.351. The van der Waals surface area contributed by atoms with Crippen molar-refractivity contribution in [2.45, 2.75) is 38.3 Å². The van der Waals surface area contributed by atoms with Gasteiger partial charge in [-0.1, -0.05) is 18.6 Å². The molecule has 0 aliphatic carbocycles. The minimum absolute atomic E-state index is 0.0164. The molecule has 7 heteroatoms. The lowest BCUT2D eigenvalue weighted by Gasteiger charge is -2.34. The molecule has 0 unspecified atom stereocenters. The summed E-state index contributed by atoms with van der Waals surface area (Å²) in [5, 5.41) is 10.5. The lowest BCUT2D eigenvalue weighted by atomic mass is 10.0. The first kappa shape index (κ1) is 17.5. The molecule has 134 valence electrons. The van der Waals surface area contributed by atoms with E-state index in [1.54, 1.807) is 24.8 Å². The fraction of sp³-hybridized carbons (Fsp3) is 0.500. The largest absolute Gasteiger partial charge is 0.354 e. The molecule has 1 aromatic carbocycles. The highest BCUT2D eigenvalue weighted by atomic mass is 19.1. The Morgan fingerprint density at radius 2 is 1.80 bits per heavy atom. The summed E-state index contributed by atoms with van der Waals surface area (Å²) >= 11 is 0. The van der Waals surface area contributed by atoms with E-state index in [0.29, 0.717) is 6.54 Å². The van der Waals surface area contributed by atoms with Crippen LogP contribution in [0.2, 0.25) is 0 Å². The number of aryl methyl sites for hydroxylation is 1. The molecule has 1 saturated heterocycles. The summed E-state index contributed by atoms with van der Waals surface area (Å²) in [6, 6.07) is 5.92. The van der Waals surface area contributed by atoms with Crippen LogP contribution in [0.5, 0.6) is 0 Å². The molecule has 3 rings (SSSR count). The molecule has 1 N–H and O–H groups in total. The van der Waals surface area contributed by atoms with Gasteiger partial charge >= 0.3 is 0 Å². The summed E-state index contributed by atoms with van der Waals surface area (Å²) in [6.07, 6.45) is 7.53. The molecule has 0 spiro atoms. The Morgan fingerprint density at radius 1 is 1.12 bits per heavy atom. The second-order valence-corrected chi connectivity index (χ2v) is 6.40. The molecule has 1 atom stereocenters. The Labute approximate surface area is 147 Å². The first-order chi connectivity index (χ1) is 12.2. The summed E-state index contributed by atoms with van der Waals surface area (Å²) < 4.78 is 15.1. The van der Waals surface area contributed by atoms with E-state index in [0.717, 1.165) is 44.5 Å². The first-order valence-electron chi connectivity index (χ1n) is 8.84. The van der Waals surface area contributed by atoms with E-state index in [4.69, 9.17) is 0 Å². The van der Waals surface area contributed by atoms with E-state index in [-0.39, 0.29) is 17.8 Å². The Bertz CT molecular complexity index is 653. The molecular formula is C18H24FN5O. The van der Waals surface area contributed by atoms with Crippen molar-refractivity contribution in [2.75, 3.05) is 19.6 Å². The van der Waals surface area contributed by atoms with Crippen LogP contribution in [-0.4, -0.2) is 45.2 Å². The first-order valence-corrected chi connectivity index (χ1v) is 8.84. The zero-order valence-corrected chi connectivity index (χ0v) is 14.3. The molecule has 0 saturated carbocycles. The van der Waals surface area contributed by atoms with E-state index in [1.165, 1.54) is 18.6 Å². The lowest BCUT2D eigenvalue weighted by molar-refractivity contribution is -0.127. The number of rotatable bonds is 7. The van der Waals surface area contributed by atoms with Gasteiger partial charge in [-0.15, -0.1) is 10.2 Å². The van der Waals surface area contributed by atoms with Gasteiger partial charge in [0.2, 0.25) is 5.91 Å². The number of aromatic nitrogens is 3. The van der Waals surface area contributed by atoms with Crippen LogP contribution in [0, 0.1) is 5.82 Å². The molecule has 1 aliphatic heterocycles. The number of amides is 1. The van der Waals surface area contributed by atoms with Crippen LogP contribution in [0.1, 0.15) is 37.3 Å². The molecule has 1 aromatic heterocycles. The van der Waals surface area contributed by atoms with E-state index in [2.05, 4.69) is 20.4 Å². The van der Waals surface area contributed by atoms with Crippen LogP contribution in [0.15, 0.2) is 36.9 Å². The molecule has 1 amide bonds. The smallest absolute Gasteiger partial charge is 0.241 e. The van der Waals surface area contributed by atoms with Crippen molar-refractivity contribution in [2.24, 2.45) is 0 Å². The highest BCUT2D eigenvalue weighted by Crippen LogP contribution is 2.25. The van der Waals surface area contributed by atoms with E-state index < -0.39 is 0 Å². The topological polar surface area (TPSA) is 63.1 Å². The number of hydrogen-bond donors (Lipinski definition) is 1. The van der Waals surface area contributed by atoms with Gasteiger partial charge in [0.05, 0.1) is 0 Å². The van der Waals surface area contributed by atoms with Crippen molar-refractivity contribution in [3.63, 3.8) is 0 Å². The molecule has 1 fully saturated rings. The predicted octanol–water partition coefficient (Wildman–Crippen LogP) is 2.15. The van der Waals surface area contributed by atoms with Crippen LogP contribution < -0.4 is 5.32 Å². The average molecular weight is 345 g/mol. The summed E-state index contributed by atoms with van der Waals surface area (Å²) in [5.41, 5.74) is 0.847. The fourth-order valence-corrected chi connectivity index (χ4v) is 3.26. The molecule has 2 aromatic rings. The van der Waals surface area contributed by atoms with Crippen molar-refractivity contribution in [3.8, 4) is 0 Å². The summed E-state index contributed by atoms with van der Waals surface area (Å²) in [4.78, 5) is 15.0. The number of hydrogen-bond acceptors (Lipinski definition) is 4. The van der Waals surface area contributed by atoms with Gasteiger partial charge in [-0.2, -0.15) is 0 Å². The third kappa shape index (κ3) is 4.85.